The first-order valence-corrected chi connectivity index (χ1v) is 7.74. The zero-order chi connectivity index (χ0) is 17.9. The molecule has 6 nitrogen and oxygen atoms in total. The molecule has 26 heavy (non-hydrogen) atoms. The summed E-state index contributed by atoms with van der Waals surface area (Å²) in [7, 11) is 0. The monoisotopic (exact) mass is 344 g/mol. The van der Waals surface area contributed by atoms with Gasteiger partial charge in [-0.2, -0.15) is 5.26 Å². The fourth-order valence-electron chi connectivity index (χ4n) is 2.54. The van der Waals surface area contributed by atoms with Crippen LogP contribution >= 0.6 is 0 Å². The topological polar surface area (TPSA) is 95.8 Å². The van der Waals surface area contributed by atoms with Crippen molar-refractivity contribution in [1.29, 1.82) is 5.26 Å². The summed E-state index contributed by atoms with van der Waals surface area (Å²) in [5.74, 6) is 1.65. The van der Waals surface area contributed by atoms with Crippen LogP contribution in [0.15, 0.2) is 79.3 Å². The van der Waals surface area contributed by atoms with E-state index in [4.69, 9.17) is 13.3 Å². The fourth-order valence-corrected chi connectivity index (χ4v) is 2.54. The Morgan fingerprint density at radius 3 is 2.27 bits per heavy atom. The molecule has 4 aromatic rings. The van der Waals surface area contributed by atoms with Crippen molar-refractivity contribution in [3.8, 4) is 34.7 Å². The van der Waals surface area contributed by atoms with Crippen LogP contribution < -0.4 is 0 Å². The third-order valence-electron chi connectivity index (χ3n) is 3.74. The van der Waals surface area contributed by atoms with Gasteiger partial charge in [-0.25, -0.2) is 4.99 Å². The molecule has 126 valence electrons. The lowest BCUT2D eigenvalue weighted by molar-refractivity contribution is 0.475. The number of aliphatic imine (C=N–C) groups is 1. The Morgan fingerprint density at radius 2 is 1.65 bits per heavy atom. The van der Waals surface area contributed by atoms with Crippen molar-refractivity contribution in [2.75, 3.05) is 0 Å². The minimum atomic E-state index is 0.151. The summed E-state index contributed by atoms with van der Waals surface area (Å²) in [6.07, 6.45) is 4.60. The highest BCUT2D eigenvalue weighted by atomic mass is 16.4. The predicted octanol–water partition coefficient (Wildman–Crippen LogP) is 5.13. The summed E-state index contributed by atoms with van der Waals surface area (Å²) in [4.78, 5) is 4.30. The Bertz CT molecular complexity index is 1080. The molecule has 3 aromatic heterocycles. The lowest BCUT2D eigenvalue weighted by Gasteiger charge is -1.96. The molecule has 0 bridgehead atoms. The van der Waals surface area contributed by atoms with Crippen molar-refractivity contribution in [1.82, 2.24) is 0 Å². The normalized spacial score (nSPS) is 11.0. The first-order valence-electron chi connectivity index (χ1n) is 7.74. The van der Waals surface area contributed by atoms with E-state index >= 15 is 0 Å². The summed E-state index contributed by atoms with van der Waals surface area (Å²) < 4.78 is 16.7. The number of hydrogen-bond donors (Lipinski definition) is 1. The zero-order valence-electron chi connectivity index (χ0n) is 13.4. The molecule has 0 aliphatic rings. The second-order valence-electron chi connectivity index (χ2n) is 5.40. The van der Waals surface area contributed by atoms with Gasteiger partial charge in [-0.05, 0) is 54.1 Å². The van der Waals surface area contributed by atoms with Crippen LogP contribution in [0.1, 0.15) is 11.1 Å². The van der Waals surface area contributed by atoms with Crippen molar-refractivity contribution in [3.05, 3.63) is 72.2 Å². The maximum Gasteiger partial charge on any atom is 0.238 e. The Morgan fingerprint density at radius 1 is 0.962 bits per heavy atom. The minimum absolute atomic E-state index is 0.151. The van der Waals surface area contributed by atoms with Crippen LogP contribution in [-0.2, 0) is 0 Å². The third-order valence-corrected chi connectivity index (χ3v) is 3.74. The van der Waals surface area contributed by atoms with Gasteiger partial charge in [0, 0.05) is 6.21 Å². The molecule has 3 heterocycles. The highest BCUT2D eigenvalue weighted by molar-refractivity contribution is 5.87. The van der Waals surface area contributed by atoms with E-state index in [1.165, 1.54) is 12.5 Å². The molecule has 0 aliphatic carbocycles. The molecule has 0 radical (unpaired) electrons. The summed E-state index contributed by atoms with van der Waals surface area (Å²) in [6.45, 7) is 0. The molecule has 0 aliphatic heterocycles. The van der Waals surface area contributed by atoms with E-state index in [0.29, 0.717) is 22.8 Å². The van der Waals surface area contributed by atoms with E-state index in [1.54, 1.807) is 54.7 Å². The molecule has 0 saturated carbocycles. The molecule has 1 aromatic carbocycles. The van der Waals surface area contributed by atoms with E-state index in [0.717, 1.165) is 5.56 Å². The average molecular weight is 344 g/mol. The number of hydrogen-bond acceptors (Lipinski definition) is 6. The molecular formula is C20H12N2O4. The quantitative estimate of drug-likeness (QED) is 0.518. The summed E-state index contributed by atoms with van der Waals surface area (Å²) >= 11 is 0. The van der Waals surface area contributed by atoms with Gasteiger partial charge in [-0.3, -0.25) is 0 Å². The van der Waals surface area contributed by atoms with Gasteiger partial charge in [0.05, 0.1) is 18.1 Å². The van der Waals surface area contributed by atoms with Gasteiger partial charge in [0.25, 0.3) is 0 Å². The Balaban J connectivity index is 1.84. The molecule has 4 rings (SSSR count). The number of phenolic OH excluding ortho intramolecular Hbond substituents is 1. The number of nitrogens with zero attached hydrogens (tertiary/aromatic N) is 2. The average Bonchev–Trinajstić information content (AvgIpc) is 3.40. The lowest BCUT2D eigenvalue weighted by Crippen LogP contribution is -1.81. The smallest absolute Gasteiger partial charge is 0.238 e. The Kier molecular flexibility index (Phi) is 3.88. The number of rotatable bonds is 4. The van der Waals surface area contributed by atoms with Crippen LogP contribution in [0.3, 0.4) is 0 Å². The Hall–Kier alpha value is -3.98. The van der Waals surface area contributed by atoms with E-state index in [-0.39, 0.29) is 17.2 Å². The van der Waals surface area contributed by atoms with Crippen LogP contribution in [0.2, 0.25) is 0 Å². The first-order chi connectivity index (χ1) is 12.8. The second kappa shape index (κ2) is 6.49. The van der Waals surface area contributed by atoms with Gasteiger partial charge in [0.15, 0.2) is 11.5 Å². The number of benzene rings is 1. The Labute approximate surface area is 148 Å². The number of aromatic hydroxyl groups is 1. The SMILES string of the molecule is N#Cc1c(/N=C/c2ccc(O)cc2)oc(-c2ccco2)c1-c1ccco1. The number of furan rings is 3. The maximum atomic E-state index is 9.65. The summed E-state index contributed by atoms with van der Waals surface area (Å²) in [5.41, 5.74) is 1.49. The molecule has 0 saturated heterocycles. The first kappa shape index (κ1) is 15.5. The van der Waals surface area contributed by atoms with Crippen LogP contribution in [0.5, 0.6) is 5.75 Å². The van der Waals surface area contributed by atoms with Gasteiger partial charge in [0.2, 0.25) is 5.88 Å². The maximum absolute atomic E-state index is 9.65. The summed E-state index contributed by atoms with van der Waals surface area (Å²) in [5, 5.41) is 19.0. The largest absolute Gasteiger partial charge is 0.508 e. The second-order valence-corrected chi connectivity index (χ2v) is 5.40. The lowest BCUT2D eigenvalue weighted by atomic mass is 10.1. The van der Waals surface area contributed by atoms with Gasteiger partial charge >= 0.3 is 0 Å². The van der Waals surface area contributed by atoms with E-state index < -0.39 is 0 Å². The van der Waals surface area contributed by atoms with Crippen LogP contribution in [0.4, 0.5) is 5.88 Å². The van der Waals surface area contributed by atoms with Crippen molar-refractivity contribution in [2.24, 2.45) is 4.99 Å². The van der Waals surface area contributed by atoms with Crippen LogP contribution in [0, 0.1) is 11.3 Å². The molecule has 0 atom stereocenters. The summed E-state index contributed by atoms with van der Waals surface area (Å²) in [6, 6.07) is 15.6. The fraction of sp³-hybridized carbons (Fsp3) is 0. The van der Waals surface area contributed by atoms with Gasteiger partial charge in [-0.1, -0.05) is 0 Å². The molecule has 0 amide bonds. The number of nitriles is 1. The van der Waals surface area contributed by atoms with Crippen LogP contribution in [0.25, 0.3) is 22.8 Å². The molecule has 0 spiro atoms. The van der Waals surface area contributed by atoms with Crippen molar-refractivity contribution >= 4 is 12.1 Å². The van der Waals surface area contributed by atoms with Crippen molar-refractivity contribution in [2.45, 2.75) is 0 Å². The minimum Gasteiger partial charge on any atom is -0.508 e. The van der Waals surface area contributed by atoms with E-state index in [2.05, 4.69) is 11.1 Å². The van der Waals surface area contributed by atoms with Crippen LogP contribution in [-0.4, -0.2) is 11.3 Å². The predicted molar refractivity (Wildman–Crippen MR) is 94.2 cm³/mol. The van der Waals surface area contributed by atoms with E-state index in [9.17, 15) is 10.4 Å². The molecule has 0 unspecified atom stereocenters. The molecular weight excluding hydrogens is 332 g/mol. The number of phenols is 1. The van der Waals surface area contributed by atoms with Gasteiger partial charge < -0.3 is 18.4 Å². The molecule has 6 heteroatoms. The highest BCUT2D eigenvalue weighted by Gasteiger charge is 2.25. The molecule has 0 fully saturated rings. The van der Waals surface area contributed by atoms with Gasteiger partial charge in [0.1, 0.15) is 23.1 Å². The third kappa shape index (κ3) is 2.78. The van der Waals surface area contributed by atoms with Crippen molar-refractivity contribution in [3.63, 3.8) is 0 Å². The highest BCUT2D eigenvalue weighted by Crippen LogP contribution is 2.42. The van der Waals surface area contributed by atoms with E-state index in [1.807, 2.05) is 0 Å². The standard InChI is InChI=1S/C20H12N2O4/c21-11-15-18(16-3-1-9-24-16)19(17-4-2-10-25-17)26-20(15)22-12-13-5-7-14(23)8-6-13/h1-10,12,23H/b22-12+. The molecule has 1 N–H and O–H groups in total. The van der Waals surface area contributed by atoms with Gasteiger partial charge in [-0.15, -0.1) is 0 Å². The zero-order valence-corrected chi connectivity index (χ0v) is 13.4. The van der Waals surface area contributed by atoms with Crippen molar-refractivity contribution < 1.29 is 18.4 Å².